The monoisotopic (exact) mass is 429 g/mol. The Morgan fingerprint density at radius 2 is 1.97 bits per heavy atom. The molecule has 4 aliphatic carbocycles. The molecule has 0 saturated heterocycles. The van der Waals surface area contributed by atoms with Crippen molar-refractivity contribution in [2.24, 2.45) is 22.7 Å². The molecular weight excluding hydrogens is 398 g/mol. The molecule has 0 aromatic heterocycles. The van der Waals surface area contributed by atoms with Crippen molar-refractivity contribution in [2.45, 2.75) is 56.2 Å². The number of para-hydroxylation sites is 1. The smallest absolute Gasteiger partial charge is 0.156 e. The summed E-state index contributed by atoms with van der Waals surface area (Å²) in [6.45, 7) is 6.52. The molecule has 6 rings (SSSR count). The molecular formula is C28H31NOS. The molecule has 1 aromatic carbocycles. The highest BCUT2D eigenvalue weighted by molar-refractivity contribution is 8.01. The summed E-state index contributed by atoms with van der Waals surface area (Å²) < 4.78 is 0. The zero-order valence-corrected chi connectivity index (χ0v) is 19.8. The molecule has 0 N–H and O–H groups in total. The number of anilines is 1. The van der Waals surface area contributed by atoms with Gasteiger partial charge >= 0.3 is 0 Å². The van der Waals surface area contributed by atoms with E-state index in [1.54, 1.807) is 18.1 Å². The second-order valence-corrected chi connectivity index (χ2v) is 11.8. The molecule has 1 aromatic rings. The Balaban J connectivity index is 1.37. The number of carbonyl (C=O) groups excluding carboxylic acids is 1. The molecule has 5 atom stereocenters. The quantitative estimate of drug-likeness (QED) is 0.463. The number of benzene rings is 1. The lowest BCUT2D eigenvalue weighted by molar-refractivity contribution is -0.114. The van der Waals surface area contributed by atoms with E-state index in [9.17, 15) is 4.79 Å². The number of ketones is 1. The molecule has 1 aliphatic heterocycles. The average molecular weight is 430 g/mol. The van der Waals surface area contributed by atoms with Crippen LogP contribution in [0.4, 0.5) is 5.69 Å². The number of fused-ring (bicyclic) bond motifs is 6. The number of allylic oxidation sites excluding steroid dienone is 6. The molecule has 0 radical (unpaired) electrons. The van der Waals surface area contributed by atoms with Crippen LogP contribution in [0.1, 0.15) is 46.5 Å². The Morgan fingerprint density at radius 3 is 2.74 bits per heavy atom. The summed E-state index contributed by atoms with van der Waals surface area (Å²) in [5, 5.41) is 0. The third-order valence-electron chi connectivity index (χ3n) is 9.07. The van der Waals surface area contributed by atoms with E-state index in [1.165, 1.54) is 17.0 Å². The Hall–Kier alpha value is -2.00. The lowest BCUT2D eigenvalue weighted by Crippen LogP contribution is -2.46. The molecule has 3 heteroatoms. The van der Waals surface area contributed by atoms with Crippen molar-refractivity contribution >= 4 is 23.2 Å². The Morgan fingerprint density at radius 1 is 1.16 bits per heavy atom. The number of Topliss-reactive ketones (excluding diaryl/α,β-unsaturated/α-hetero) is 1. The zero-order valence-electron chi connectivity index (χ0n) is 18.9. The standard InChI is InChI=1S/C28H31NOS/c1-18(30)21-11-12-22-20-10-9-19-17-28(29(4)24-7-5-6-8-25(24)31-28)16-15-26(19,2)23(20)13-14-27(21,22)3/h5-8,11,13,15-17,20,22H,9-10,12,14H2,1-4H3/t20-,22-,26-,27+,28?/m0/s1. The van der Waals surface area contributed by atoms with Gasteiger partial charge in [-0.2, -0.15) is 0 Å². The van der Waals surface area contributed by atoms with Gasteiger partial charge in [-0.3, -0.25) is 4.79 Å². The fourth-order valence-corrected chi connectivity index (χ4v) is 8.67. The van der Waals surface area contributed by atoms with Gasteiger partial charge < -0.3 is 4.90 Å². The molecule has 31 heavy (non-hydrogen) atoms. The van der Waals surface area contributed by atoms with Crippen LogP contribution in [-0.2, 0) is 4.79 Å². The van der Waals surface area contributed by atoms with E-state index < -0.39 is 0 Å². The van der Waals surface area contributed by atoms with Crippen molar-refractivity contribution in [3.63, 3.8) is 0 Å². The first-order valence-corrected chi connectivity index (χ1v) is 12.5. The highest BCUT2D eigenvalue weighted by Crippen LogP contribution is 2.64. The Bertz CT molecular complexity index is 1130. The van der Waals surface area contributed by atoms with Gasteiger partial charge in [0.05, 0.1) is 5.69 Å². The largest absolute Gasteiger partial charge is 0.352 e. The fourth-order valence-electron chi connectivity index (χ4n) is 7.29. The number of rotatable bonds is 1. The van der Waals surface area contributed by atoms with E-state index >= 15 is 0 Å². The average Bonchev–Trinajstić information content (AvgIpc) is 3.24. The predicted octanol–water partition coefficient (Wildman–Crippen LogP) is 6.71. The summed E-state index contributed by atoms with van der Waals surface area (Å²) in [4.78, 5) is 16.0. The molecule has 1 spiro atoms. The summed E-state index contributed by atoms with van der Waals surface area (Å²) in [6.07, 6.45) is 16.7. The molecule has 0 amide bonds. The molecule has 1 heterocycles. The van der Waals surface area contributed by atoms with E-state index in [1.807, 2.05) is 11.8 Å². The third kappa shape index (κ3) is 2.44. The summed E-state index contributed by atoms with van der Waals surface area (Å²) in [5.74, 6) is 1.42. The summed E-state index contributed by atoms with van der Waals surface area (Å²) >= 11 is 1.97. The van der Waals surface area contributed by atoms with Gasteiger partial charge in [0.15, 0.2) is 5.78 Å². The van der Waals surface area contributed by atoms with Gasteiger partial charge in [-0.25, -0.2) is 0 Å². The molecule has 1 saturated carbocycles. The zero-order chi connectivity index (χ0) is 21.6. The van der Waals surface area contributed by atoms with E-state index in [4.69, 9.17) is 0 Å². The maximum Gasteiger partial charge on any atom is 0.156 e. The van der Waals surface area contributed by atoms with Crippen molar-refractivity contribution in [1.29, 1.82) is 0 Å². The first kappa shape index (κ1) is 19.7. The van der Waals surface area contributed by atoms with Crippen LogP contribution in [-0.4, -0.2) is 17.7 Å². The molecule has 1 fully saturated rings. The number of hydrogen-bond acceptors (Lipinski definition) is 3. The third-order valence-corrected chi connectivity index (χ3v) is 10.5. The lowest BCUT2D eigenvalue weighted by Gasteiger charge is -2.53. The summed E-state index contributed by atoms with van der Waals surface area (Å²) in [6, 6.07) is 8.76. The lowest BCUT2D eigenvalue weighted by atomic mass is 9.52. The number of likely N-dealkylation sites (N-methyl/N-ethyl adjacent to an activating group) is 1. The van der Waals surface area contributed by atoms with Crippen molar-refractivity contribution in [1.82, 2.24) is 0 Å². The van der Waals surface area contributed by atoms with E-state index in [-0.39, 0.29) is 21.5 Å². The number of nitrogens with zero attached hydrogens (tertiary/aromatic N) is 1. The highest BCUT2D eigenvalue weighted by atomic mass is 32.2. The van der Waals surface area contributed by atoms with Crippen LogP contribution in [0.3, 0.4) is 0 Å². The highest BCUT2D eigenvalue weighted by Gasteiger charge is 2.55. The van der Waals surface area contributed by atoms with Crippen molar-refractivity contribution < 1.29 is 4.79 Å². The van der Waals surface area contributed by atoms with Gasteiger partial charge in [0, 0.05) is 22.8 Å². The molecule has 1 unspecified atom stereocenters. The SMILES string of the molecule is CC(=O)C1=CC[C@H]2[C@@H]3CCC4=CC5(C=C[C@]4(C)C3=CC[C@]12C)Sc1ccccc1N5C. The van der Waals surface area contributed by atoms with Gasteiger partial charge in [-0.05, 0) is 81.2 Å². The topological polar surface area (TPSA) is 20.3 Å². The summed E-state index contributed by atoms with van der Waals surface area (Å²) in [5.41, 5.74) is 5.64. The molecule has 2 nitrogen and oxygen atoms in total. The van der Waals surface area contributed by atoms with Gasteiger partial charge in [-0.1, -0.05) is 60.2 Å². The minimum Gasteiger partial charge on any atom is -0.352 e. The Labute approximate surface area is 190 Å². The van der Waals surface area contributed by atoms with Crippen molar-refractivity contribution in [3.8, 4) is 0 Å². The van der Waals surface area contributed by atoms with Crippen LogP contribution in [0.5, 0.6) is 0 Å². The van der Waals surface area contributed by atoms with Crippen molar-refractivity contribution in [2.75, 3.05) is 11.9 Å². The number of hydrogen-bond donors (Lipinski definition) is 0. The fraction of sp³-hybridized carbons (Fsp3) is 0.464. The van der Waals surface area contributed by atoms with Gasteiger partial charge in [0.2, 0.25) is 0 Å². The minimum atomic E-state index is -0.105. The van der Waals surface area contributed by atoms with Gasteiger partial charge in [0.1, 0.15) is 4.87 Å². The molecule has 160 valence electrons. The van der Waals surface area contributed by atoms with Crippen LogP contribution in [0.15, 0.2) is 76.3 Å². The summed E-state index contributed by atoms with van der Waals surface area (Å²) in [7, 11) is 2.23. The van der Waals surface area contributed by atoms with Gasteiger partial charge in [0.25, 0.3) is 0 Å². The molecule has 0 bridgehead atoms. The molecule has 5 aliphatic rings. The first-order valence-electron chi connectivity index (χ1n) is 11.7. The van der Waals surface area contributed by atoms with Gasteiger partial charge in [-0.15, -0.1) is 0 Å². The maximum absolute atomic E-state index is 12.3. The van der Waals surface area contributed by atoms with Crippen LogP contribution >= 0.6 is 11.8 Å². The van der Waals surface area contributed by atoms with E-state index in [2.05, 4.69) is 80.4 Å². The first-order chi connectivity index (χ1) is 14.8. The minimum absolute atomic E-state index is 0.0185. The van der Waals surface area contributed by atoms with Crippen molar-refractivity contribution in [3.05, 3.63) is 71.4 Å². The van der Waals surface area contributed by atoms with Crippen LogP contribution in [0, 0.1) is 22.7 Å². The maximum atomic E-state index is 12.3. The second kappa shape index (κ2) is 6.28. The normalized spacial score (nSPS) is 39.9. The van der Waals surface area contributed by atoms with E-state index in [0.29, 0.717) is 11.8 Å². The number of carbonyl (C=O) groups is 1. The number of thioether (sulfide) groups is 1. The predicted molar refractivity (Wildman–Crippen MR) is 129 cm³/mol. The van der Waals surface area contributed by atoms with Crippen LogP contribution in [0.25, 0.3) is 0 Å². The Kier molecular flexibility index (Phi) is 3.99. The van der Waals surface area contributed by atoms with E-state index in [0.717, 1.165) is 24.8 Å². The van der Waals surface area contributed by atoms with Crippen LogP contribution < -0.4 is 4.90 Å². The second-order valence-electron chi connectivity index (χ2n) is 10.5. The van der Waals surface area contributed by atoms with Crippen LogP contribution in [0.2, 0.25) is 0 Å².